The van der Waals surface area contributed by atoms with E-state index in [4.69, 9.17) is 0 Å². The lowest BCUT2D eigenvalue weighted by Crippen LogP contribution is -2.26. The first-order valence-corrected chi connectivity index (χ1v) is 7.19. The summed E-state index contributed by atoms with van der Waals surface area (Å²) in [6.45, 7) is 2.70. The fourth-order valence-electron chi connectivity index (χ4n) is 2.62. The van der Waals surface area contributed by atoms with E-state index in [0.717, 1.165) is 25.2 Å². The maximum Gasteiger partial charge on any atom is 0.268 e. The van der Waals surface area contributed by atoms with Crippen molar-refractivity contribution in [3.05, 3.63) is 58.5 Å². The molecular weight excluding hydrogens is 250 g/mol. The number of rotatable bonds is 4. The molecule has 0 amide bonds. The molecule has 0 aliphatic carbocycles. The van der Waals surface area contributed by atoms with Gasteiger partial charge in [0.25, 0.3) is 5.56 Å². The van der Waals surface area contributed by atoms with Crippen LogP contribution in [0, 0.1) is 0 Å². The van der Waals surface area contributed by atoms with E-state index in [2.05, 4.69) is 22.1 Å². The van der Waals surface area contributed by atoms with Crippen LogP contribution in [0.25, 0.3) is 0 Å². The van der Waals surface area contributed by atoms with Crippen molar-refractivity contribution >= 4 is 5.69 Å². The second kappa shape index (κ2) is 5.90. The highest BCUT2D eigenvalue weighted by Gasteiger charge is 2.13. The van der Waals surface area contributed by atoms with Gasteiger partial charge in [-0.2, -0.15) is 5.10 Å². The van der Waals surface area contributed by atoms with Gasteiger partial charge in [-0.25, -0.2) is 4.68 Å². The van der Waals surface area contributed by atoms with Crippen molar-refractivity contribution < 1.29 is 0 Å². The SMILES string of the molecule is O=c1cc(N2CCCC2)cnn1CCc1ccccc1. The molecule has 0 spiro atoms. The molecule has 0 bridgehead atoms. The molecule has 0 N–H and O–H groups in total. The Morgan fingerprint density at radius 3 is 2.55 bits per heavy atom. The summed E-state index contributed by atoms with van der Waals surface area (Å²) in [5.74, 6) is 0. The van der Waals surface area contributed by atoms with Crippen LogP contribution in [0.1, 0.15) is 18.4 Å². The molecule has 2 heterocycles. The molecular formula is C16H19N3O. The molecule has 20 heavy (non-hydrogen) atoms. The summed E-state index contributed by atoms with van der Waals surface area (Å²) in [4.78, 5) is 14.3. The van der Waals surface area contributed by atoms with E-state index in [1.165, 1.54) is 18.4 Å². The van der Waals surface area contributed by atoms with Crippen molar-refractivity contribution in [2.75, 3.05) is 18.0 Å². The number of nitrogens with zero attached hydrogens (tertiary/aromatic N) is 3. The zero-order valence-electron chi connectivity index (χ0n) is 11.5. The van der Waals surface area contributed by atoms with Crippen LogP contribution < -0.4 is 10.5 Å². The van der Waals surface area contributed by atoms with E-state index >= 15 is 0 Å². The van der Waals surface area contributed by atoms with Gasteiger partial charge in [0.15, 0.2) is 0 Å². The van der Waals surface area contributed by atoms with E-state index in [-0.39, 0.29) is 5.56 Å². The number of benzene rings is 1. The van der Waals surface area contributed by atoms with Gasteiger partial charge in [-0.15, -0.1) is 0 Å². The lowest BCUT2D eigenvalue weighted by molar-refractivity contribution is 0.577. The highest BCUT2D eigenvalue weighted by Crippen LogP contribution is 2.16. The molecule has 104 valence electrons. The second-order valence-corrected chi connectivity index (χ2v) is 5.20. The number of anilines is 1. The normalized spacial score (nSPS) is 14.7. The summed E-state index contributed by atoms with van der Waals surface area (Å²) >= 11 is 0. The molecule has 1 fully saturated rings. The summed E-state index contributed by atoms with van der Waals surface area (Å²) in [5, 5.41) is 4.30. The molecule has 1 aliphatic heterocycles. The zero-order valence-corrected chi connectivity index (χ0v) is 11.5. The Kier molecular flexibility index (Phi) is 3.81. The van der Waals surface area contributed by atoms with Gasteiger partial charge < -0.3 is 4.90 Å². The van der Waals surface area contributed by atoms with E-state index in [1.807, 2.05) is 24.4 Å². The maximum atomic E-state index is 12.1. The van der Waals surface area contributed by atoms with Gasteiger partial charge in [-0.1, -0.05) is 30.3 Å². The van der Waals surface area contributed by atoms with Gasteiger partial charge in [0.2, 0.25) is 0 Å². The Hall–Kier alpha value is -2.10. The predicted molar refractivity (Wildman–Crippen MR) is 80.1 cm³/mol. The standard InChI is InChI=1S/C16H19N3O/c20-16-12-15(18-9-4-5-10-18)13-17-19(16)11-8-14-6-2-1-3-7-14/h1-3,6-7,12-13H,4-5,8-11H2. The van der Waals surface area contributed by atoms with Gasteiger partial charge >= 0.3 is 0 Å². The number of aromatic nitrogens is 2. The molecule has 1 aromatic carbocycles. The lowest BCUT2D eigenvalue weighted by Gasteiger charge is -2.17. The Balaban J connectivity index is 1.69. The first-order chi connectivity index (χ1) is 9.83. The second-order valence-electron chi connectivity index (χ2n) is 5.20. The van der Waals surface area contributed by atoms with Crippen LogP contribution in [0.4, 0.5) is 5.69 Å². The van der Waals surface area contributed by atoms with Crippen LogP contribution in [0.15, 0.2) is 47.4 Å². The molecule has 0 radical (unpaired) electrons. The van der Waals surface area contributed by atoms with Crippen molar-refractivity contribution in [3.63, 3.8) is 0 Å². The molecule has 1 aromatic heterocycles. The van der Waals surface area contributed by atoms with Crippen LogP contribution in [-0.2, 0) is 13.0 Å². The van der Waals surface area contributed by atoms with Gasteiger partial charge in [0.05, 0.1) is 11.9 Å². The monoisotopic (exact) mass is 269 g/mol. The van der Waals surface area contributed by atoms with Crippen molar-refractivity contribution in [3.8, 4) is 0 Å². The summed E-state index contributed by atoms with van der Waals surface area (Å²) in [6, 6.07) is 11.9. The van der Waals surface area contributed by atoms with Crippen molar-refractivity contribution in [1.82, 2.24) is 9.78 Å². The molecule has 1 aliphatic rings. The summed E-state index contributed by atoms with van der Waals surface area (Å²) in [5.41, 5.74) is 2.18. The van der Waals surface area contributed by atoms with Gasteiger partial charge in [-0.3, -0.25) is 4.79 Å². The number of hydrogen-bond donors (Lipinski definition) is 0. The van der Waals surface area contributed by atoms with Crippen LogP contribution in [-0.4, -0.2) is 22.9 Å². The van der Waals surface area contributed by atoms with Crippen molar-refractivity contribution in [1.29, 1.82) is 0 Å². The molecule has 4 nitrogen and oxygen atoms in total. The fourth-order valence-corrected chi connectivity index (χ4v) is 2.62. The average Bonchev–Trinajstić information content (AvgIpc) is 3.01. The summed E-state index contributed by atoms with van der Waals surface area (Å²) < 4.78 is 1.55. The Labute approximate surface area is 118 Å². The molecule has 0 unspecified atom stereocenters. The highest BCUT2D eigenvalue weighted by molar-refractivity contribution is 5.43. The third-order valence-electron chi connectivity index (χ3n) is 3.78. The molecule has 0 atom stereocenters. The minimum Gasteiger partial charge on any atom is -0.370 e. The first-order valence-electron chi connectivity index (χ1n) is 7.19. The van der Waals surface area contributed by atoms with Gasteiger partial charge in [-0.05, 0) is 24.8 Å². The number of hydrogen-bond acceptors (Lipinski definition) is 3. The fraction of sp³-hybridized carbons (Fsp3) is 0.375. The first kappa shape index (κ1) is 12.9. The van der Waals surface area contributed by atoms with E-state index in [9.17, 15) is 4.79 Å². The Morgan fingerprint density at radius 2 is 1.85 bits per heavy atom. The largest absolute Gasteiger partial charge is 0.370 e. The highest BCUT2D eigenvalue weighted by atomic mass is 16.1. The summed E-state index contributed by atoms with van der Waals surface area (Å²) in [7, 11) is 0. The third-order valence-corrected chi connectivity index (χ3v) is 3.78. The van der Waals surface area contributed by atoms with E-state index < -0.39 is 0 Å². The minimum absolute atomic E-state index is 0.00895. The summed E-state index contributed by atoms with van der Waals surface area (Å²) in [6.07, 6.45) is 5.06. The molecule has 1 saturated heterocycles. The van der Waals surface area contributed by atoms with E-state index in [0.29, 0.717) is 6.54 Å². The topological polar surface area (TPSA) is 38.1 Å². The van der Waals surface area contributed by atoms with Crippen LogP contribution >= 0.6 is 0 Å². The van der Waals surface area contributed by atoms with E-state index in [1.54, 1.807) is 10.7 Å². The molecule has 4 heteroatoms. The van der Waals surface area contributed by atoms with Crippen molar-refractivity contribution in [2.24, 2.45) is 0 Å². The smallest absolute Gasteiger partial charge is 0.268 e. The molecule has 0 saturated carbocycles. The van der Waals surface area contributed by atoms with Gasteiger partial charge in [0, 0.05) is 25.7 Å². The predicted octanol–water partition coefficient (Wildman–Crippen LogP) is 2.09. The Morgan fingerprint density at radius 1 is 1.10 bits per heavy atom. The molecule has 3 rings (SSSR count). The Bertz CT molecular complexity index is 615. The maximum absolute atomic E-state index is 12.1. The number of aryl methyl sites for hydroxylation is 2. The van der Waals surface area contributed by atoms with Crippen LogP contribution in [0.5, 0.6) is 0 Å². The minimum atomic E-state index is -0.00895. The molecule has 2 aromatic rings. The van der Waals surface area contributed by atoms with Gasteiger partial charge in [0.1, 0.15) is 0 Å². The average molecular weight is 269 g/mol. The quantitative estimate of drug-likeness (QED) is 0.853. The van der Waals surface area contributed by atoms with Crippen LogP contribution in [0.3, 0.4) is 0 Å². The van der Waals surface area contributed by atoms with Crippen molar-refractivity contribution in [2.45, 2.75) is 25.8 Å². The van der Waals surface area contributed by atoms with Crippen LogP contribution in [0.2, 0.25) is 0 Å². The third kappa shape index (κ3) is 2.90. The zero-order chi connectivity index (χ0) is 13.8. The lowest BCUT2D eigenvalue weighted by atomic mass is 10.1.